The molecule has 0 atom stereocenters. The molecule has 0 saturated carbocycles. The molecule has 0 unspecified atom stereocenters. The van der Waals surface area contributed by atoms with Crippen LogP contribution in [0, 0.1) is 0 Å². The zero-order valence-corrected chi connectivity index (χ0v) is 4.91. The maximum Gasteiger partial charge on any atom is 0.0182 e. The van der Waals surface area contributed by atoms with Gasteiger partial charge in [0.05, 0.1) is 0 Å². The third-order valence-electron chi connectivity index (χ3n) is 1.38. The van der Waals surface area contributed by atoms with Gasteiger partial charge in [-0.3, -0.25) is 0 Å². The highest BCUT2D eigenvalue weighted by molar-refractivity contribution is 5.19. The fraction of sp³-hybridized carbons (Fsp3) is 0.667. The van der Waals surface area contributed by atoms with Gasteiger partial charge in [-0.1, -0.05) is 5.57 Å². The molecule has 1 N–H and O–H groups in total. The van der Waals surface area contributed by atoms with E-state index in [0.29, 0.717) is 0 Å². The summed E-state index contributed by atoms with van der Waals surface area (Å²) in [5.74, 6) is 0. The third-order valence-corrected chi connectivity index (χ3v) is 1.38. The largest absolute Gasteiger partial charge is 0.309 e. The summed E-state index contributed by atoms with van der Waals surface area (Å²) in [6, 6.07) is 0. The lowest BCUT2D eigenvalue weighted by atomic mass is 10.1. The first kappa shape index (κ1) is 4.85. The first-order valence-electron chi connectivity index (χ1n) is 2.66. The molecule has 0 aromatic rings. The second-order valence-electron chi connectivity index (χ2n) is 2.21. The van der Waals surface area contributed by atoms with E-state index < -0.39 is 0 Å². The molecule has 0 aromatic heterocycles. The monoisotopic (exact) mass is 97.1 g/mol. The van der Waals surface area contributed by atoms with Crippen molar-refractivity contribution in [3.63, 3.8) is 0 Å². The molecular weight excluding hydrogens is 86.1 g/mol. The zero-order valence-electron chi connectivity index (χ0n) is 4.91. The van der Waals surface area contributed by atoms with Gasteiger partial charge < -0.3 is 5.32 Å². The van der Waals surface area contributed by atoms with E-state index in [1.807, 2.05) is 0 Å². The second-order valence-corrected chi connectivity index (χ2v) is 2.21. The highest BCUT2D eigenvalue weighted by Crippen LogP contribution is 2.05. The molecule has 1 fully saturated rings. The topological polar surface area (TPSA) is 12.0 Å². The molecule has 1 aliphatic rings. The highest BCUT2D eigenvalue weighted by atomic mass is 14.9. The zero-order chi connectivity index (χ0) is 5.28. The van der Waals surface area contributed by atoms with Gasteiger partial charge in [-0.15, -0.1) is 0 Å². The number of hydrogen-bond acceptors (Lipinski definition) is 1. The molecule has 0 amide bonds. The maximum atomic E-state index is 3.18. The number of rotatable bonds is 0. The number of nitrogens with one attached hydrogen (secondary N) is 1. The van der Waals surface area contributed by atoms with E-state index in [1.165, 1.54) is 5.57 Å². The minimum Gasteiger partial charge on any atom is -0.309 e. The van der Waals surface area contributed by atoms with Crippen LogP contribution in [-0.4, -0.2) is 13.1 Å². The SMILES string of the molecule is CC(C)=C1CNC1. The van der Waals surface area contributed by atoms with Gasteiger partial charge in [-0.25, -0.2) is 0 Å². The predicted molar refractivity (Wildman–Crippen MR) is 31.2 cm³/mol. The molecule has 0 aromatic carbocycles. The molecule has 40 valence electrons. The Kier molecular flexibility index (Phi) is 1.15. The van der Waals surface area contributed by atoms with Crippen LogP contribution in [0.1, 0.15) is 13.8 Å². The second kappa shape index (κ2) is 1.66. The Bertz CT molecular complexity index is 92.7. The Hall–Kier alpha value is -0.300. The van der Waals surface area contributed by atoms with E-state index in [0.717, 1.165) is 13.1 Å². The van der Waals surface area contributed by atoms with Crippen molar-refractivity contribution in [3.05, 3.63) is 11.1 Å². The van der Waals surface area contributed by atoms with Crippen LogP contribution >= 0.6 is 0 Å². The van der Waals surface area contributed by atoms with Crippen LogP contribution in [0.2, 0.25) is 0 Å². The highest BCUT2D eigenvalue weighted by Gasteiger charge is 2.06. The van der Waals surface area contributed by atoms with E-state index in [9.17, 15) is 0 Å². The van der Waals surface area contributed by atoms with E-state index in [1.54, 1.807) is 5.57 Å². The third kappa shape index (κ3) is 0.829. The van der Waals surface area contributed by atoms with Gasteiger partial charge >= 0.3 is 0 Å². The summed E-state index contributed by atoms with van der Waals surface area (Å²) in [6.45, 7) is 6.58. The quantitative estimate of drug-likeness (QED) is 0.443. The van der Waals surface area contributed by atoms with Gasteiger partial charge in [0.2, 0.25) is 0 Å². The molecule has 1 nitrogen and oxygen atoms in total. The fourth-order valence-corrected chi connectivity index (χ4v) is 0.604. The molecule has 7 heavy (non-hydrogen) atoms. The molecular formula is C6H11N. The van der Waals surface area contributed by atoms with Crippen molar-refractivity contribution in [3.8, 4) is 0 Å². The fourth-order valence-electron chi connectivity index (χ4n) is 0.604. The molecule has 1 saturated heterocycles. The van der Waals surface area contributed by atoms with Gasteiger partial charge in [-0.2, -0.15) is 0 Å². The van der Waals surface area contributed by atoms with Gasteiger partial charge in [-0.05, 0) is 19.4 Å². The minimum absolute atomic E-state index is 1.13. The van der Waals surface area contributed by atoms with Crippen molar-refractivity contribution in [2.75, 3.05) is 13.1 Å². The summed E-state index contributed by atoms with van der Waals surface area (Å²) in [6.07, 6.45) is 0. The molecule has 1 heteroatoms. The maximum absolute atomic E-state index is 3.18. The average Bonchev–Trinajstić information content (AvgIpc) is 1.23. The Morgan fingerprint density at radius 1 is 1.43 bits per heavy atom. The lowest BCUT2D eigenvalue weighted by molar-refractivity contribution is 0.658. The van der Waals surface area contributed by atoms with E-state index in [-0.39, 0.29) is 0 Å². The molecule has 1 rings (SSSR count). The Labute approximate surface area is 44.4 Å². The summed E-state index contributed by atoms with van der Waals surface area (Å²) in [4.78, 5) is 0. The molecule has 0 spiro atoms. The Morgan fingerprint density at radius 3 is 2.00 bits per heavy atom. The van der Waals surface area contributed by atoms with Crippen molar-refractivity contribution in [2.45, 2.75) is 13.8 Å². The lowest BCUT2D eigenvalue weighted by Gasteiger charge is -2.19. The van der Waals surface area contributed by atoms with Crippen LogP contribution in [0.25, 0.3) is 0 Å². The number of hydrogen-bond donors (Lipinski definition) is 1. The van der Waals surface area contributed by atoms with Crippen LogP contribution in [0.15, 0.2) is 11.1 Å². The lowest BCUT2D eigenvalue weighted by Crippen LogP contribution is -2.34. The Morgan fingerprint density at radius 2 is 2.00 bits per heavy atom. The van der Waals surface area contributed by atoms with Gasteiger partial charge in [0.1, 0.15) is 0 Å². The average molecular weight is 97.2 g/mol. The minimum atomic E-state index is 1.13. The molecule has 0 aliphatic carbocycles. The van der Waals surface area contributed by atoms with Crippen LogP contribution < -0.4 is 5.32 Å². The van der Waals surface area contributed by atoms with Crippen LogP contribution in [0.5, 0.6) is 0 Å². The van der Waals surface area contributed by atoms with Crippen molar-refractivity contribution in [1.82, 2.24) is 5.32 Å². The smallest absolute Gasteiger partial charge is 0.0182 e. The van der Waals surface area contributed by atoms with Crippen molar-refractivity contribution in [2.24, 2.45) is 0 Å². The van der Waals surface area contributed by atoms with Crippen molar-refractivity contribution in [1.29, 1.82) is 0 Å². The van der Waals surface area contributed by atoms with Crippen molar-refractivity contribution < 1.29 is 0 Å². The number of allylic oxidation sites excluding steroid dienone is 1. The summed E-state index contributed by atoms with van der Waals surface area (Å²) < 4.78 is 0. The molecule has 1 heterocycles. The van der Waals surface area contributed by atoms with E-state index in [4.69, 9.17) is 0 Å². The predicted octanol–water partition coefficient (Wildman–Crippen LogP) is 0.926. The standard InChI is InChI=1S/C6H11N/c1-5(2)6-3-7-4-6/h7H,3-4H2,1-2H3. The van der Waals surface area contributed by atoms with E-state index in [2.05, 4.69) is 19.2 Å². The van der Waals surface area contributed by atoms with Crippen molar-refractivity contribution >= 4 is 0 Å². The van der Waals surface area contributed by atoms with Crippen LogP contribution in [-0.2, 0) is 0 Å². The molecule has 1 aliphatic heterocycles. The van der Waals surface area contributed by atoms with E-state index >= 15 is 0 Å². The molecule has 0 radical (unpaired) electrons. The summed E-state index contributed by atoms with van der Waals surface area (Å²) in [5.41, 5.74) is 3.07. The Balaban J connectivity index is 2.52. The van der Waals surface area contributed by atoms with Gasteiger partial charge in [0, 0.05) is 13.1 Å². The molecule has 0 bridgehead atoms. The summed E-state index contributed by atoms with van der Waals surface area (Å²) >= 11 is 0. The summed E-state index contributed by atoms with van der Waals surface area (Å²) in [5, 5.41) is 3.18. The normalized spacial score (nSPS) is 18.9. The van der Waals surface area contributed by atoms with Gasteiger partial charge in [0.25, 0.3) is 0 Å². The van der Waals surface area contributed by atoms with Crippen LogP contribution in [0.3, 0.4) is 0 Å². The van der Waals surface area contributed by atoms with Crippen LogP contribution in [0.4, 0.5) is 0 Å². The summed E-state index contributed by atoms with van der Waals surface area (Å²) in [7, 11) is 0. The first-order chi connectivity index (χ1) is 3.30. The first-order valence-corrected chi connectivity index (χ1v) is 2.66. The van der Waals surface area contributed by atoms with Gasteiger partial charge in [0.15, 0.2) is 0 Å².